The van der Waals surface area contributed by atoms with E-state index >= 15 is 0 Å². The van der Waals surface area contributed by atoms with Gasteiger partial charge in [0.25, 0.3) is 5.91 Å². The maximum absolute atomic E-state index is 13.3. The highest BCUT2D eigenvalue weighted by Gasteiger charge is 2.33. The van der Waals surface area contributed by atoms with Crippen molar-refractivity contribution in [3.05, 3.63) is 83.7 Å². The molecule has 3 aromatic rings. The molecule has 0 fully saturated rings. The zero-order valence-corrected chi connectivity index (χ0v) is 14.2. The molecule has 5 heteroatoms. The van der Waals surface area contributed by atoms with E-state index in [1.807, 2.05) is 35.2 Å². The van der Waals surface area contributed by atoms with Gasteiger partial charge in [-0.3, -0.25) is 4.79 Å². The normalized spacial score (nSPS) is 17.8. The molecule has 1 aromatic heterocycles. The zero-order chi connectivity index (χ0) is 17.5. The number of fused-ring (bicyclic) bond motifs is 2. The smallest absolute Gasteiger partial charge is 0.254 e. The molecule has 0 unspecified atom stereocenters. The number of benzene rings is 2. The van der Waals surface area contributed by atoms with Crippen LogP contribution in [0.1, 0.15) is 27.7 Å². The molecule has 2 aromatic carbocycles. The van der Waals surface area contributed by atoms with Gasteiger partial charge in [-0.05, 0) is 35.9 Å². The summed E-state index contributed by atoms with van der Waals surface area (Å²) in [4.78, 5) is 15.3. The third-order valence-corrected chi connectivity index (χ3v) is 5.03. The van der Waals surface area contributed by atoms with Crippen LogP contribution in [-0.4, -0.2) is 28.7 Å². The Labute approximate surface area is 151 Å². The number of aromatic nitrogens is 1. The van der Waals surface area contributed by atoms with Crippen LogP contribution < -0.4 is 9.47 Å². The molecule has 3 heterocycles. The lowest BCUT2D eigenvalue weighted by molar-refractivity contribution is 0.0663. The van der Waals surface area contributed by atoms with Crippen LogP contribution >= 0.6 is 0 Å². The molecule has 0 saturated carbocycles. The molecule has 0 N–H and O–H groups in total. The number of hydrogen-bond acceptors (Lipinski definition) is 3. The average Bonchev–Trinajstić information content (AvgIpc) is 3.35. The molecule has 5 rings (SSSR count). The Bertz CT molecular complexity index is 964. The van der Waals surface area contributed by atoms with Gasteiger partial charge in [0.15, 0.2) is 11.5 Å². The van der Waals surface area contributed by atoms with Crippen LogP contribution in [0.2, 0.25) is 0 Å². The summed E-state index contributed by atoms with van der Waals surface area (Å²) in [5, 5.41) is 0. The maximum atomic E-state index is 13.3. The van der Waals surface area contributed by atoms with E-state index in [-0.39, 0.29) is 18.7 Å². The molecule has 2 aliphatic heterocycles. The van der Waals surface area contributed by atoms with Gasteiger partial charge < -0.3 is 18.9 Å². The third-order valence-electron chi connectivity index (χ3n) is 5.03. The summed E-state index contributed by atoms with van der Waals surface area (Å²) in [5.74, 6) is 1.32. The molecular formula is C21H18N2O3. The van der Waals surface area contributed by atoms with Gasteiger partial charge in [-0.25, -0.2) is 0 Å². The van der Waals surface area contributed by atoms with E-state index in [0.717, 1.165) is 17.8 Å². The summed E-state index contributed by atoms with van der Waals surface area (Å²) in [6, 6.07) is 19.6. The highest BCUT2D eigenvalue weighted by Crippen LogP contribution is 2.36. The third kappa shape index (κ3) is 2.36. The molecule has 0 saturated heterocycles. The fourth-order valence-electron chi connectivity index (χ4n) is 3.78. The number of hydrogen-bond donors (Lipinski definition) is 0. The van der Waals surface area contributed by atoms with Crippen molar-refractivity contribution in [3.63, 3.8) is 0 Å². The molecule has 0 bridgehead atoms. The van der Waals surface area contributed by atoms with Gasteiger partial charge in [-0.15, -0.1) is 0 Å². The number of carbonyl (C=O) groups is 1. The second-order valence-corrected chi connectivity index (χ2v) is 6.51. The van der Waals surface area contributed by atoms with Crippen LogP contribution in [0.25, 0.3) is 0 Å². The summed E-state index contributed by atoms with van der Waals surface area (Å²) >= 11 is 0. The minimum atomic E-state index is -0.0992. The number of nitrogens with zero attached hydrogens (tertiary/aromatic N) is 2. The van der Waals surface area contributed by atoms with Gasteiger partial charge in [0.05, 0.1) is 6.04 Å². The van der Waals surface area contributed by atoms with Crippen LogP contribution in [0.4, 0.5) is 0 Å². The SMILES string of the molecule is O=C(c1ccc2c(c1)OCO2)N1CCn2cccc2[C@H]1c1ccccc1. The van der Waals surface area contributed by atoms with Crippen LogP contribution in [-0.2, 0) is 6.54 Å². The minimum Gasteiger partial charge on any atom is -0.454 e. The van der Waals surface area contributed by atoms with Crippen molar-refractivity contribution in [2.45, 2.75) is 12.6 Å². The van der Waals surface area contributed by atoms with Crippen molar-refractivity contribution in [2.75, 3.05) is 13.3 Å². The monoisotopic (exact) mass is 346 g/mol. The molecule has 5 nitrogen and oxygen atoms in total. The Morgan fingerprint density at radius 1 is 0.923 bits per heavy atom. The van der Waals surface area contributed by atoms with E-state index in [4.69, 9.17) is 9.47 Å². The summed E-state index contributed by atoms with van der Waals surface area (Å²) < 4.78 is 13.0. The van der Waals surface area contributed by atoms with Crippen LogP contribution in [0.3, 0.4) is 0 Å². The number of ether oxygens (including phenoxy) is 2. The van der Waals surface area contributed by atoms with E-state index in [1.165, 1.54) is 0 Å². The van der Waals surface area contributed by atoms with E-state index in [0.29, 0.717) is 23.6 Å². The van der Waals surface area contributed by atoms with Gasteiger partial charge in [-0.1, -0.05) is 30.3 Å². The lowest BCUT2D eigenvalue weighted by Crippen LogP contribution is -2.42. The molecular weight excluding hydrogens is 328 g/mol. The van der Waals surface area contributed by atoms with E-state index in [1.54, 1.807) is 12.1 Å². The van der Waals surface area contributed by atoms with Crippen molar-refractivity contribution in [2.24, 2.45) is 0 Å². The summed E-state index contributed by atoms with van der Waals surface area (Å²) in [5.41, 5.74) is 2.87. The zero-order valence-electron chi connectivity index (χ0n) is 14.2. The largest absolute Gasteiger partial charge is 0.454 e. The van der Waals surface area contributed by atoms with Crippen LogP contribution in [0.15, 0.2) is 66.9 Å². The molecule has 0 radical (unpaired) electrons. The molecule has 1 atom stereocenters. The minimum absolute atomic E-state index is 0.00426. The first-order valence-electron chi connectivity index (χ1n) is 8.72. The Morgan fingerprint density at radius 2 is 1.77 bits per heavy atom. The van der Waals surface area contributed by atoms with Crippen molar-refractivity contribution in [3.8, 4) is 11.5 Å². The molecule has 1 amide bonds. The topological polar surface area (TPSA) is 43.7 Å². The van der Waals surface area contributed by atoms with E-state index in [9.17, 15) is 4.79 Å². The Kier molecular flexibility index (Phi) is 3.45. The first-order chi connectivity index (χ1) is 12.8. The van der Waals surface area contributed by atoms with Gasteiger partial charge >= 0.3 is 0 Å². The molecule has 2 aliphatic rings. The molecule has 0 aliphatic carbocycles. The van der Waals surface area contributed by atoms with Gasteiger partial charge in [0, 0.05) is 30.5 Å². The number of carbonyl (C=O) groups excluding carboxylic acids is 1. The standard InChI is InChI=1S/C21H18N2O3/c24-21(16-8-9-18-19(13-16)26-14-25-18)23-12-11-22-10-4-7-17(22)20(23)15-5-2-1-3-6-15/h1-10,13,20H,11-12,14H2/t20-/m1/s1. The van der Waals surface area contributed by atoms with E-state index < -0.39 is 0 Å². The predicted octanol–water partition coefficient (Wildman–Crippen LogP) is 3.46. The van der Waals surface area contributed by atoms with E-state index in [2.05, 4.69) is 29.0 Å². The van der Waals surface area contributed by atoms with Crippen molar-refractivity contribution >= 4 is 5.91 Å². The fourth-order valence-corrected chi connectivity index (χ4v) is 3.78. The van der Waals surface area contributed by atoms with Gasteiger partial charge in [0.2, 0.25) is 6.79 Å². The summed E-state index contributed by atoms with van der Waals surface area (Å²) in [7, 11) is 0. The first-order valence-corrected chi connectivity index (χ1v) is 8.72. The maximum Gasteiger partial charge on any atom is 0.254 e. The Morgan fingerprint density at radius 3 is 2.65 bits per heavy atom. The lowest BCUT2D eigenvalue weighted by Gasteiger charge is -2.37. The van der Waals surface area contributed by atoms with Crippen LogP contribution in [0, 0.1) is 0 Å². The van der Waals surface area contributed by atoms with Gasteiger partial charge in [-0.2, -0.15) is 0 Å². The second kappa shape index (κ2) is 5.95. The highest BCUT2D eigenvalue weighted by atomic mass is 16.7. The summed E-state index contributed by atoms with van der Waals surface area (Å²) in [6.45, 7) is 1.66. The van der Waals surface area contributed by atoms with Crippen molar-refractivity contribution in [1.29, 1.82) is 0 Å². The summed E-state index contributed by atoms with van der Waals surface area (Å²) in [6.07, 6.45) is 2.08. The molecule has 26 heavy (non-hydrogen) atoms. The second-order valence-electron chi connectivity index (χ2n) is 6.51. The Balaban J connectivity index is 1.55. The van der Waals surface area contributed by atoms with Crippen molar-refractivity contribution in [1.82, 2.24) is 9.47 Å². The number of rotatable bonds is 2. The van der Waals surface area contributed by atoms with Gasteiger partial charge in [0.1, 0.15) is 0 Å². The fraction of sp³-hybridized carbons (Fsp3) is 0.190. The molecule has 0 spiro atoms. The molecule has 130 valence electrons. The van der Waals surface area contributed by atoms with Crippen molar-refractivity contribution < 1.29 is 14.3 Å². The first kappa shape index (κ1) is 15.1. The van der Waals surface area contributed by atoms with Crippen LogP contribution in [0.5, 0.6) is 11.5 Å². The highest BCUT2D eigenvalue weighted by molar-refractivity contribution is 5.95. The number of amides is 1. The lowest BCUT2D eigenvalue weighted by atomic mass is 9.99. The quantitative estimate of drug-likeness (QED) is 0.714. The predicted molar refractivity (Wildman–Crippen MR) is 96.3 cm³/mol. The average molecular weight is 346 g/mol. The Hall–Kier alpha value is -3.21.